The van der Waals surface area contributed by atoms with Crippen molar-refractivity contribution in [2.45, 2.75) is 13.3 Å². The third-order valence-corrected chi connectivity index (χ3v) is 4.25. The Bertz CT molecular complexity index is 825. The van der Waals surface area contributed by atoms with Gasteiger partial charge in [0.15, 0.2) is 0 Å². The van der Waals surface area contributed by atoms with Crippen LogP contribution in [-0.2, 0) is 6.42 Å². The van der Waals surface area contributed by atoms with E-state index in [1.807, 2.05) is 12.4 Å². The molecule has 0 bridgehead atoms. The SMILES string of the molecule is CCc1ncnc(N2CCN(C=NC)CC2)c1C#Cc1ccc(N)nc1. The van der Waals surface area contributed by atoms with E-state index in [4.69, 9.17) is 5.73 Å². The van der Waals surface area contributed by atoms with Gasteiger partial charge in [-0.15, -0.1) is 0 Å². The molecule has 2 aromatic rings. The summed E-state index contributed by atoms with van der Waals surface area (Å²) < 4.78 is 0. The van der Waals surface area contributed by atoms with Crippen LogP contribution < -0.4 is 10.6 Å². The van der Waals surface area contributed by atoms with Crippen molar-refractivity contribution in [1.82, 2.24) is 19.9 Å². The van der Waals surface area contributed by atoms with Gasteiger partial charge in [-0.05, 0) is 18.6 Å². The molecule has 1 aliphatic rings. The molecule has 7 nitrogen and oxygen atoms in total. The molecule has 0 saturated carbocycles. The molecular formula is C19H23N7. The Balaban J connectivity index is 1.89. The van der Waals surface area contributed by atoms with Crippen molar-refractivity contribution in [3.05, 3.63) is 41.5 Å². The molecule has 1 fully saturated rings. The van der Waals surface area contributed by atoms with E-state index in [2.05, 4.69) is 48.5 Å². The molecule has 3 heterocycles. The molecule has 2 N–H and O–H groups in total. The van der Waals surface area contributed by atoms with E-state index in [1.54, 1.807) is 25.6 Å². The summed E-state index contributed by atoms with van der Waals surface area (Å²) in [6, 6.07) is 3.62. The van der Waals surface area contributed by atoms with Crippen molar-refractivity contribution >= 4 is 18.0 Å². The third kappa shape index (κ3) is 4.09. The van der Waals surface area contributed by atoms with Crippen LogP contribution in [0.1, 0.15) is 23.7 Å². The lowest BCUT2D eigenvalue weighted by Crippen LogP contribution is -2.46. The molecule has 0 aromatic carbocycles. The normalized spacial score (nSPS) is 14.4. The first-order valence-corrected chi connectivity index (χ1v) is 8.70. The van der Waals surface area contributed by atoms with Gasteiger partial charge in [0.1, 0.15) is 18.0 Å². The molecule has 0 unspecified atom stereocenters. The van der Waals surface area contributed by atoms with Crippen molar-refractivity contribution in [3.63, 3.8) is 0 Å². The fourth-order valence-corrected chi connectivity index (χ4v) is 2.87. The van der Waals surface area contributed by atoms with Gasteiger partial charge in [-0.25, -0.2) is 15.0 Å². The number of nitrogens with zero attached hydrogens (tertiary/aromatic N) is 6. The van der Waals surface area contributed by atoms with Crippen LogP contribution in [0.25, 0.3) is 0 Å². The van der Waals surface area contributed by atoms with Crippen molar-refractivity contribution < 1.29 is 0 Å². The Hall–Kier alpha value is -3.14. The number of nitrogen functional groups attached to an aromatic ring is 1. The fourth-order valence-electron chi connectivity index (χ4n) is 2.87. The lowest BCUT2D eigenvalue weighted by atomic mass is 10.1. The Labute approximate surface area is 154 Å². The Morgan fingerprint density at radius 2 is 1.96 bits per heavy atom. The van der Waals surface area contributed by atoms with Gasteiger partial charge in [-0.3, -0.25) is 4.99 Å². The fraction of sp³-hybridized carbons (Fsp3) is 0.368. The molecular weight excluding hydrogens is 326 g/mol. The number of aliphatic imine (C=N–C) groups is 1. The van der Waals surface area contributed by atoms with Gasteiger partial charge < -0.3 is 15.5 Å². The molecule has 3 rings (SSSR count). The van der Waals surface area contributed by atoms with E-state index in [1.165, 1.54) is 0 Å². The maximum atomic E-state index is 5.63. The van der Waals surface area contributed by atoms with Gasteiger partial charge >= 0.3 is 0 Å². The smallest absolute Gasteiger partial charge is 0.148 e. The number of anilines is 2. The number of piperazine rings is 1. The van der Waals surface area contributed by atoms with Gasteiger partial charge in [0.05, 0.1) is 17.6 Å². The maximum absolute atomic E-state index is 5.63. The number of nitrogens with two attached hydrogens (primary N) is 1. The summed E-state index contributed by atoms with van der Waals surface area (Å²) in [5, 5.41) is 0. The lowest BCUT2D eigenvalue weighted by Gasteiger charge is -2.34. The monoisotopic (exact) mass is 349 g/mol. The zero-order chi connectivity index (χ0) is 18.4. The average Bonchev–Trinajstić information content (AvgIpc) is 2.68. The van der Waals surface area contributed by atoms with E-state index < -0.39 is 0 Å². The van der Waals surface area contributed by atoms with Crippen LogP contribution >= 0.6 is 0 Å². The lowest BCUT2D eigenvalue weighted by molar-refractivity contribution is 0.394. The van der Waals surface area contributed by atoms with Crippen molar-refractivity contribution in [3.8, 4) is 11.8 Å². The first kappa shape index (κ1) is 17.7. The number of aryl methyl sites for hydroxylation is 1. The second-order valence-electron chi connectivity index (χ2n) is 5.99. The highest BCUT2D eigenvalue weighted by Crippen LogP contribution is 2.21. The Morgan fingerprint density at radius 3 is 2.62 bits per heavy atom. The molecule has 1 saturated heterocycles. The summed E-state index contributed by atoms with van der Waals surface area (Å²) >= 11 is 0. The van der Waals surface area contributed by atoms with Crippen molar-refractivity contribution in [1.29, 1.82) is 0 Å². The Kier molecular flexibility index (Phi) is 5.64. The third-order valence-electron chi connectivity index (χ3n) is 4.25. The summed E-state index contributed by atoms with van der Waals surface area (Å²) in [6.07, 6.45) is 6.01. The minimum absolute atomic E-state index is 0.488. The first-order valence-electron chi connectivity index (χ1n) is 8.70. The number of pyridine rings is 1. The number of hydrogen-bond acceptors (Lipinski definition) is 6. The van der Waals surface area contributed by atoms with Gasteiger partial charge in [-0.1, -0.05) is 18.8 Å². The second kappa shape index (κ2) is 8.30. The predicted octanol–water partition coefficient (Wildman–Crippen LogP) is 1.20. The topological polar surface area (TPSA) is 83.5 Å². The van der Waals surface area contributed by atoms with Crippen LogP contribution in [0.15, 0.2) is 29.6 Å². The highest BCUT2D eigenvalue weighted by Gasteiger charge is 2.20. The first-order chi connectivity index (χ1) is 12.7. The molecule has 0 radical (unpaired) electrons. The number of rotatable bonds is 3. The number of aromatic nitrogens is 3. The van der Waals surface area contributed by atoms with Crippen molar-refractivity contribution in [2.24, 2.45) is 4.99 Å². The molecule has 0 aliphatic carbocycles. The summed E-state index contributed by atoms with van der Waals surface area (Å²) in [5.41, 5.74) is 8.31. The van der Waals surface area contributed by atoms with Gasteiger partial charge in [0, 0.05) is 45.0 Å². The molecule has 2 aromatic heterocycles. The second-order valence-corrected chi connectivity index (χ2v) is 5.99. The Morgan fingerprint density at radius 1 is 1.15 bits per heavy atom. The summed E-state index contributed by atoms with van der Waals surface area (Å²) in [6.45, 7) is 5.67. The van der Waals surface area contributed by atoms with Gasteiger partial charge in [0.2, 0.25) is 0 Å². The summed E-state index contributed by atoms with van der Waals surface area (Å²) in [5.74, 6) is 7.82. The molecule has 7 heteroatoms. The van der Waals surface area contributed by atoms with Crippen LogP contribution in [0.3, 0.4) is 0 Å². The quantitative estimate of drug-likeness (QED) is 0.509. The highest BCUT2D eigenvalue weighted by molar-refractivity contribution is 5.61. The molecule has 134 valence electrons. The van der Waals surface area contributed by atoms with Crippen LogP contribution in [0.5, 0.6) is 0 Å². The minimum Gasteiger partial charge on any atom is -0.384 e. The molecule has 0 amide bonds. The van der Waals surface area contributed by atoms with Crippen molar-refractivity contribution in [2.75, 3.05) is 43.9 Å². The van der Waals surface area contributed by atoms with Gasteiger partial charge in [0.25, 0.3) is 0 Å². The van der Waals surface area contributed by atoms with E-state index in [0.29, 0.717) is 5.82 Å². The zero-order valence-corrected chi connectivity index (χ0v) is 15.2. The van der Waals surface area contributed by atoms with Crippen LogP contribution in [0.4, 0.5) is 11.6 Å². The standard InChI is InChI=1S/C19H23N7/c1-3-17-16(6-4-15-5-7-18(20)22-12-15)19(24-13-23-17)26-10-8-25(9-11-26)14-21-2/h5,7,12-14H,3,8-11H2,1-2H3,(H2,20,22). The molecule has 26 heavy (non-hydrogen) atoms. The summed E-state index contributed by atoms with van der Waals surface area (Å²) in [4.78, 5) is 21.6. The largest absolute Gasteiger partial charge is 0.384 e. The predicted molar refractivity (Wildman–Crippen MR) is 104 cm³/mol. The van der Waals surface area contributed by atoms with E-state index in [-0.39, 0.29) is 0 Å². The maximum Gasteiger partial charge on any atom is 0.148 e. The van der Waals surface area contributed by atoms with E-state index in [9.17, 15) is 0 Å². The minimum atomic E-state index is 0.488. The molecule has 1 aliphatic heterocycles. The van der Waals surface area contributed by atoms with E-state index >= 15 is 0 Å². The summed E-state index contributed by atoms with van der Waals surface area (Å²) in [7, 11) is 1.80. The van der Waals surface area contributed by atoms with E-state index in [0.717, 1.165) is 55.2 Å². The van der Waals surface area contributed by atoms with Gasteiger partial charge in [-0.2, -0.15) is 0 Å². The zero-order valence-electron chi connectivity index (χ0n) is 15.2. The number of hydrogen-bond donors (Lipinski definition) is 1. The highest BCUT2D eigenvalue weighted by atomic mass is 15.3. The average molecular weight is 349 g/mol. The molecule has 0 atom stereocenters. The molecule has 0 spiro atoms. The van der Waals surface area contributed by atoms with Crippen LogP contribution in [0.2, 0.25) is 0 Å². The van der Waals surface area contributed by atoms with Crippen LogP contribution in [0, 0.1) is 11.8 Å². The van der Waals surface area contributed by atoms with Crippen LogP contribution in [-0.4, -0.2) is 59.4 Å².